The van der Waals surface area contributed by atoms with E-state index in [2.05, 4.69) is 5.32 Å². The van der Waals surface area contributed by atoms with Crippen LogP contribution in [0.5, 0.6) is 5.75 Å². The van der Waals surface area contributed by atoms with Crippen molar-refractivity contribution in [2.45, 2.75) is 70.1 Å². The van der Waals surface area contributed by atoms with Gasteiger partial charge in [-0.15, -0.1) is 0 Å². The van der Waals surface area contributed by atoms with Crippen LogP contribution in [-0.4, -0.2) is 28.3 Å². The number of ether oxygens (including phenoxy) is 1. The first-order valence-corrected chi connectivity index (χ1v) is 9.53. The van der Waals surface area contributed by atoms with Crippen LogP contribution in [0.1, 0.15) is 51.5 Å². The predicted octanol–water partition coefficient (Wildman–Crippen LogP) is 3.21. The van der Waals surface area contributed by atoms with Gasteiger partial charge >= 0.3 is 0 Å². The fraction of sp³-hybridized carbons (Fsp3) is 0.667. The summed E-state index contributed by atoms with van der Waals surface area (Å²) in [5.41, 5.74) is -0.215. The highest BCUT2D eigenvalue weighted by Gasteiger charge is 2.55. The van der Waals surface area contributed by atoms with E-state index in [-0.39, 0.29) is 11.9 Å². The van der Waals surface area contributed by atoms with Crippen LogP contribution in [0.3, 0.4) is 0 Å². The van der Waals surface area contributed by atoms with E-state index in [1.165, 1.54) is 5.56 Å². The van der Waals surface area contributed by atoms with Crippen molar-refractivity contribution in [2.24, 2.45) is 17.8 Å². The van der Waals surface area contributed by atoms with Gasteiger partial charge in [0.2, 0.25) is 0 Å². The molecule has 1 unspecified atom stereocenters. The maximum atomic E-state index is 12.9. The number of benzene rings is 1. The number of rotatable bonds is 4. The van der Waals surface area contributed by atoms with Crippen molar-refractivity contribution in [3.63, 3.8) is 0 Å². The molecule has 0 aliphatic heterocycles. The summed E-state index contributed by atoms with van der Waals surface area (Å²) < 4.78 is 5.97. The van der Waals surface area contributed by atoms with Crippen molar-refractivity contribution in [3.05, 3.63) is 29.8 Å². The number of hydrogen-bond donors (Lipinski definition) is 2. The molecule has 136 valence electrons. The van der Waals surface area contributed by atoms with Gasteiger partial charge < -0.3 is 15.2 Å². The maximum Gasteiger partial charge on any atom is 0.263 e. The fourth-order valence-corrected chi connectivity index (χ4v) is 5.49. The Morgan fingerprint density at radius 2 is 1.76 bits per heavy atom. The molecule has 2 N–H and O–H groups in total. The van der Waals surface area contributed by atoms with Gasteiger partial charge in [0.05, 0.1) is 5.60 Å². The van der Waals surface area contributed by atoms with Crippen molar-refractivity contribution in [1.29, 1.82) is 0 Å². The minimum Gasteiger partial charge on any atom is -0.478 e. The lowest BCUT2D eigenvalue weighted by Gasteiger charge is -2.58. The zero-order valence-corrected chi connectivity index (χ0v) is 15.4. The van der Waals surface area contributed by atoms with Crippen molar-refractivity contribution >= 4 is 5.91 Å². The third kappa shape index (κ3) is 3.17. The number of aliphatic hydroxyl groups is 1. The second-order valence-electron chi connectivity index (χ2n) is 9.12. The molecule has 4 nitrogen and oxygen atoms in total. The molecule has 25 heavy (non-hydrogen) atoms. The summed E-state index contributed by atoms with van der Waals surface area (Å²) in [5.74, 6) is 2.13. The Kier molecular flexibility index (Phi) is 3.87. The summed E-state index contributed by atoms with van der Waals surface area (Å²) in [4.78, 5) is 12.9. The standard InChI is InChI=1S/C21H29NO3/c1-13-4-6-17(7-5-13)25-20(2,3)19(23)22-18-15-8-14-9-16(18)12-21(24,10-14)11-15/h4-7,14-16,18,24H,8-12H2,1-3H3,(H,22,23)/t14?,15-,16+,18+,21+. The van der Waals surface area contributed by atoms with E-state index >= 15 is 0 Å². The number of carbonyl (C=O) groups is 1. The number of hydrogen-bond acceptors (Lipinski definition) is 3. The first-order chi connectivity index (χ1) is 11.7. The molecule has 4 saturated carbocycles. The third-order valence-electron chi connectivity index (χ3n) is 6.48. The van der Waals surface area contributed by atoms with Crippen LogP contribution in [-0.2, 0) is 4.79 Å². The van der Waals surface area contributed by atoms with Gasteiger partial charge in [-0.05, 0) is 82.8 Å². The van der Waals surface area contributed by atoms with Crippen LogP contribution in [0, 0.1) is 24.7 Å². The van der Waals surface area contributed by atoms with Crippen LogP contribution in [0.25, 0.3) is 0 Å². The molecule has 0 radical (unpaired) electrons. The lowest BCUT2D eigenvalue weighted by atomic mass is 9.52. The summed E-state index contributed by atoms with van der Waals surface area (Å²) in [7, 11) is 0. The number of aryl methyl sites for hydroxylation is 1. The fourth-order valence-electron chi connectivity index (χ4n) is 5.49. The van der Waals surface area contributed by atoms with Gasteiger partial charge in [-0.3, -0.25) is 4.79 Å². The van der Waals surface area contributed by atoms with E-state index in [9.17, 15) is 9.90 Å². The van der Waals surface area contributed by atoms with E-state index in [0.717, 1.165) is 32.1 Å². The van der Waals surface area contributed by atoms with Gasteiger partial charge in [-0.25, -0.2) is 0 Å². The summed E-state index contributed by atoms with van der Waals surface area (Å²) in [6.45, 7) is 5.68. The molecule has 0 heterocycles. The Hall–Kier alpha value is -1.55. The highest BCUT2D eigenvalue weighted by Crippen LogP contribution is 2.55. The Morgan fingerprint density at radius 3 is 2.32 bits per heavy atom. The average molecular weight is 343 g/mol. The number of nitrogens with one attached hydrogen (secondary N) is 1. The predicted molar refractivity (Wildman–Crippen MR) is 96.3 cm³/mol. The molecule has 1 aromatic carbocycles. The number of carbonyl (C=O) groups excluding carboxylic acids is 1. The van der Waals surface area contributed by atoms with Crippen molar-refractivity contribution in [2.75, 3.05) is 0 Å². The van der Waals surface area contributed by atoms with Gasteiger partial charge in [0.15, 0.2) is 5.60 Å². The molecule has 4 fully saturated rings. The topological polar surface area (TPSA) is 58.6 Å². The Labute approximate surface area is 150 Å². The minimum absolute atomic E-state index is 0.0578. The Balaban J connectivity index is 1.43. The molecule has 0 aromatic heterocycles. The molecule has 4 heteroatoms. The molecular weight excluding hydrogens is 314 g/mol. The lowest BCUT2D eigenvalue weighted by Crippen LogP contribution is -2.63. The van der Waals surface area contributed by atoms with E-state index in [0.29, 0.717) is 23.5 Å². The van der Waals surface area contributed by atoms with Gasteiger partial charge in [-0.2, -0.15) is 0 Å². The first-order valence-electron chi connectivity index (χ1n) is 9.53. The smallest absolute Gasteiger partial charge is 0.263 e. The van der Waals surface area contributed by atoms with Crippen molar-refractivity contribution in [1.82, 2.24) is 5.32 Å². The van der Waals surface area contributed by atoms with Crippen LogP contribution in [0.2, 0.25) is 0 Å². The first kappa shape index (κ1) is 16.9. The minimum atomic E-state index is -0.916. The monoisotopic (exact) mass is 343 g/mol. The molecular formula is C21H29NO3. The van der Waals surface area contributed by atoms with Crippen LogP contribution >= 0.6 is 0 Å². The molecule has 0 spiro atoms. The average Bonchev–Trinajstić information content (AvgIpc) is 2.51. The molecule has 4 bridgehead atoms. The zero-order chi connectivity index (χ0) is 17.8. The van der Waals surface area contributed by atoms with Crippen LogP contribution < -0.4 is 10.1 Å². The van der Waals surface area contributed by atoms with Gasteiger partial charge in [0.25, 0.3) is 5.91 Å². The largest absolute Gasteiger partial charge is 0.478 e. The third-order valence-corrected chi connectivity index (χ3v) is 6.48. The molecule has 4 aliphatic rings. The summed E-state index contributed by atoms with van der Waals surface area (Å²) in [5, 5.41) is 14.0. The molecule has 0 saturated heterocycles. The summed E-state index contributed by atoms with van der Waals surface area (Å²) >= 11 is 0. The normalized spacial score (nSPS) is 36.3. The van der Waals surface area contributed by atoms with E-state index in [1.54, 1.807) is 0 Å². The van der Waals surface area contributed by atoms with E-state index < -0.39 is 11.2 Å². The van der Waals surface area contributed by atoms with Crippen LogP contribution in [0.15, 0.2) is 24.3 Å². The van der Waals surface area contributed by atoms with Gasteiger partial charge in [0.1, 0.15) is 5.75 Å². The van der Waals surface area contributed by atoms with Gasteiger partial charge in [0, 0.05) is 6.04 Å². The Bertz CT molecular complexity index is 650. The molecule has 5 atom stereocenters. The molecule has 1 aromatic rings. The molecule has 5 rings (SSSR count). The quantitative estimate of drug-likeness (QED) is 0.882. The van der Waals surface area contributed by atoms with Crippen LogP contribution in [0.4, 0.5) is 0 Å². The molecule has 4 aliphatic carbocycles. The van der Waals surface area contributed by atoms with Crippen molar-refractivity contribution in [3.8, 4) is 5.75 Å². The second-order valence-corrected chi connectivity index (χ2v) is 9.12. The van der Waals surface area contributed by atoms with E-state index in [4.69, 9.17) is 4.74 Å². The summed E-state index contributed by atoms with van der Waals surface area (Å²) in [6, 6.07) is 7.97. The van der Waals surface area contributed by atoms with E-state index in [1.807, 2.05) is 45.0 Å². The lowest BCUT2D eigenvalue weighted by molar-refractivity contribution is -0.152. The highest BCUT2D eigenvalue weighted by molar-refractivity contribution is 5.85. The Morgan fingerprint density at radius 1 is 1.16 bits per heavy atom. The number of amides is 1. The van der Waals surface area contributed by atoms with Crippen molar-refractivity contribution < 1.29 is 14.6 Å². The summed E-state index contributed by atoms with van der Waals surface area (Å²) in [6.07, 6.45) is 4.92. The molecule has 1 amide bonds. The maximum absolute atomic E-state index is 12.9. The second kappa shape index (κ2) is 5.73. The zero-order valence-electron chi connectivity index (χ0n) is 15.4. The SMILES string of the molecule is Cc1ccc(OC(C)(C)C(=O)N[C@H]2[C@@H]3CC4C[C@H]2C[C@](O)(C4)C3)cc1. The van der Waals surface area contributed by atoms with Gasteiger partial charge in [-0.1, -0.05) is 17.7 Å². The highest BCUT2D eigenvalue weighted by atomic mass is 16.5.